The summed E-state index contributed by atoms with van der Waals surface area (Å²) in [5.74, 6) is -1.60. The molecular formula is C13H14N4O3S. The second-order valence-electron chi connectivity index (χ2n) is 4.31. The quantitative estimate of drug-likeness (QED) is 0.870. The lowest BCUT2D eigenvalue weighted by atomic mass is 10.2. The van der Waals surface area contributed by atoms with Gasteiger partial charge >= 0.3 is 5.97 Å². The number of hydrogen-bond acceptors (Lipinski definition) is 6. The maximum Gasteiger partial charge on any atom is 0.356 e. The Labute approximate surface area is 125 Å². The molecule has 2 N–H and O–H groups in total. The number of hydrogen-bond donors (Lipinski definition) is 2. The summed E-state index contributed by atoms with van der Waals surface area (Å²) >= 11 is 1.55. The Morgan fingerprint density at radius 3 is 2.52 bits per heavy atom. The third kappa shape index (κ3) is 3.60. The van der Waals surface area contributed by atoms with Crippen LogP contribution in [-0.4, -0.2) is 31.9 Å². The Hall–Kier alpha value is -2.35. The summed E-state index contributed by atoms with van der Waals surface area (Å²) in [5.41, 5.74) is 0.657. The fourth-order valence-electron chi connectivity index (χ4n) is 1.59. The van der Waals surface area contributed by atoms with E-state index < -0.39 is 11.9 Å². The molecule has 2 aromatic rings. The van der Waals surface area contributed by atoms with Crippen LogP contribution in [0.2, 0.25) is 0 Å². The average Bonchev–Trinajstić information content (AvgIpc) is 2.96. The van der Waals surface area contributed by atoms with E-state index in [9.17, 15) is 9.59 Å². The molecule has 2 heterocycles. The smallest absolute Gasteiger partial charge is 0.356 e. The number of rotatable bonds is 5. The van der Waals surface area contributed by atoms with Crippen LogP contribution < -0.4 is 5.32 Å². The van der Waals surface area contributed by atoms with Crippen molar-refractivity contribution in [3.63, 3.8) is 0 Å². The van der Waals surface area contributed by atoms with E-state index in [0.29, 0.717) is 0 Å². The van der Waals surface area contributed by atoms with Gasteiger partial charge in [0.1, 0.15) is 5.69 Å². The number of carboxylic acid groups (broad SMARTS) is 1. The van der Waals surface area contributed by atoms with E-state index >= 15 is 0 Å². The van der Waals surface area contributed by atoms with Gasteiger partial charge in [-0.1, -0.05) is 6.92 Å². The highest BCUT2D eigenvalue weighted by molar-refractivity contribution is 7.09. The van der Waals surface area contributed by atoms with Crippen LogP contribution in [0.4, 0.5) is 0 Å². The van der Waals surface area contributed by atoms with Crippen molar-refractivity contribution in [3.8, 4) is 0 Å². The van der Waals surface area contributed by atoms with Crippen molar-refractivity contribution in [1.82, 2.24) is 20.3 Å². The van der Waals surface area contributed by atoms with Crippen LogP contribution in [-0.2, 0) is 6.42 Å². The van der Waals surface area contributed by atoms with Crippen molar-refractivity contribution in [1.29, 1.82) is 0 Å². The van der Waals surface area contributed by atoms with Gasteiger partial charge in [-0.3, -0.25) is 4.79 Å². The highest BCUT2D eigenvalue weighted by Gasteiger charge is 2.16. The molecule has 0 aromatic carbocycles. The van der Waals surface area contributed by atoms with Gasteiger partial charge in [-0.15, -0.1) is 11.3 Å². The van der Waals surface area contributed by atoms with E-state index in [4.69, 9.17) is 5.11 Å². The lowest BCUT2D eigenvalue weighted by molar-refractivity contribution is 0.0689. The van der Waals surface area contributed by atoms with E-state index in [1.54, 1.807) is 11.3 Å². The molecule has 21 heavy (non-hydrogen) atoms. The first kappa shape index (κ1) is 15.0. The summed E-state index contributed by atoms with van der Waals surface area (Å²) in [4.78, 5) is 34.5. The number of carboxylic acids is 1. The van der Waals surface area contributed by atoms with Crippen LogP contribution in [0.25, 0.3) is 0 Å². The number of carbonyl (C=O) groups excluding carboxylic acids is 1. The van der Waals surface area contributed by atoms with Crippen LogP contribution in [0.15, 0.2) is 17.8 Å². The Balaban J connectivity index is 2.04. The predicted molar refractivity (Wildman–Crippen MR) is 76.4 cm³/mol. The zero-order valence-electron chi connectivity index (χ0n) is 11.5. The molecule has 0 aliphatic heterocycles. The molecule has 8 heteroatoms. The van der Waals surface area contributed by atoms with Gasteiger partial charge in [0.15, 0.2) is 5.69 Å². The minimum Gasteiger partial charge on any atom is -0.476 e. The number of nitrogens with zero attached hydrogens (tertiary/aromatic N) is 3. The predicted octanol–water partition coefficient (Wildman–Crippen LogP) is 1.68. The molecule has 1 atom stereocenters. The molecule has 110 valence electrons. The number of aromatic carboxylic acids is 1. The summed E-state index contributed by atoms with van der Waals surface area (Å²) in [6.45, 7) is 3.84. The van der Waals surface area contributed by atoms with Gasteiger partial charge in [-0.2, -0.15) is 0 Å². The fourth-order valence-corrected chi connectivity index (χ4v) is 2.43. The second kappa shape index (κ2) is 6.40. The first-order chi connectivity index (χ1) is 10.0. The summed E-state index contributed by atoms with van der Waals surface area (Å²) in [6, 6.07) is -0.255. The Morgan fingerprint density at radius 1 is 1.33 bits per heavy atom. The minimum absolute atomic E-state index is 0.0674. The van der Waals surface area contributed by atoms with Gasteiger partial charge in [-0.05, 0) is 13.3 Å². The molecular weight excluding hydrogens is 292 g/mol. The number of carbonyl (C=O) groups is 2. The fraction of sp³-hybridized carbons (Fsp3) is 0.308. The van der Waals surface area contributed by atoms with Crippen LogP contribution in [0.5, 0.6) is 0 Å². The van der Waals surface area contributed by atoms with Gasteiger partial charge in [-0.25, -0.2) is 19.7 Å². The number of thiazole rings is 1. The molecule has 0 aliphatic rings. The minimum atomic E-state index is -1.18. The molecule has 2 rings (SSSR count). The van der Waals surface area contributed by atoms with Gasteiger partial charge in [0, 0.05) is 5.38 Å². The molecule has 0 fully saturated rings. The van der Waals surface area contributed by atoms with Crippen molar-refractivity contribution in [3.05, 3.63) is 39.9 Å². The Bertz CT molecular complexity index is 654. The maximum absolute atomic E-state index is 12.0. The molecule has 0 saturated carbocycles. The van der Waals surface area contributed by atoms with Gasteiger partial charge in [0.05, 0.1) is 29.1 Å². The van der Waals surface area contributed by atoms with Gasteiger partial charge in [0.2, 0.25) is 0 Å². The first-order valence-electron chi connectivity index (χ1n) is 6.31. The Kier molecular flexibility index (Phi) is 4.59. The highest BCUT2D eigenvalue weighted by atomic mass is 32.1. The molecule has 7 nitrogen and oxygen atoms in total. The molecule has 0 spiro atoms. The zero-order valence-corrected chi connectivity index (χ0v) is 12.3. The topological polar surface area (TPSA) is 105 Å². The second-order valence-corrected chi connectivity index (χ2v) is 5.25. The molecule has 1 unspecified atom stereocenters. The van der Waals surface area contributed by atoms with E-state index in [0.717, 1.165) is 29.5 Å². The van der Waals surface area contributed by atoms with Crippen molar-refractivity contribution in [2.24, 2.45) is 0 Å². The summed E-state index contributed by atoms with van der Waals surface area (Å²) in [7, 11) is 0. The van der Waals surface area contributed by atoms with Crippen molar-refractivity contribution < 1.29 is 14.7 Å². The van der Waals surface area contributed by atoms with Crippen molar-refractivity contribution in [2.75, 3.05) is 0 Å². The van der Waals surface area contributed by atoms with Gasteiger partial charge in [0.25, 0.3) is 5.91 Å². The molecule has 0 saturated heterocycles. The number of aryl methyl sites for hydroxylation is 1. The van der Waals surface area contributed by atoms with Crippen LogP contribution in [0.3, 0.4) is 0 Å². The SMILES string of the molecule is CCc1nc(C(C)NC(=O)c2cnc(C(=O)O)cn2)cs1. The number of nitrogens with one attached hydrogen (secondary N) is 1. The molecule has 0 aliphatic carbocycles. The summed E-state index contributed by atoms with van der Waals surface area (Å²) < 4.78 is 0. The first-order valence-corrected chi connectivity index (χ1v) is 7.19. The molecule has 2 aromatic heterocycles. The van der Waals surface area contributed by atoms with Crippen molar-refractivity contribution >= 4 is 23.2 Å². The summed E-state index contributed by atoms with van der Waals surface area (Å²) in [5, 5.41) is 14.4. The summed E-state index contributed by atoms with van der Waals surface area (Å²) in [6.07, 6.45) is 3.05. The van der Waals surface area contributed by atoms with Crippen LogP contribution in [0.1, 0.15) is 51.6 Å². The van der Waals surface area contributed by atoms with Gasteiger partial charge < -0.3 is 10.4 Å². The lowest BCUT2D eigenvalue weighted by Crippen LogP contribution is -2.28. The van der Waals surface area contributed by atoms with E-state index in [-0.39, 0.29) is 17.4 Å². The maximum atomic E-state index is 12.0. The van der Waals surface area contributed by atoms with E-state index in [1.807, 2.05) is 19.2 Å². The average molecular weight is 306 g/mol. The van der Waals surface area contributed by atoms with Crippen LogP contribution in [0, 0.1) is 0 Å². The monoisotopic (exact) mass is 306 g/mol. The highest BCUT2D eigenvalue weighted by Crippen LogP contribution is 2.17. The number of aromatic nitrogens is 3. The van der Waals surface area contributed by atoms with Crippen molar-refractivity contribution in [2.45, 2.75) is 26.3 Å². The third-order valence-corrected chi connectivity index (χ3v) is 3.78. The standard InChI is InChI=1S/C13H14N4O3S/c1-3-11-17-10(6-21-11)7(2)16-12(18)8-4-15-9(5-14-8)13(19)20/h4-7H,3H2,1-2H3,(H,16,18)(H,19,20). The Morgan fingerprint density at radius 2 is 2.00 bits per heavy atom. The molecule has 1 amide bonds. The molecule has 0 bridgehead atoms. The largest absolute Gasteiger partial charge is 0.476 e. The number of amides is 1. The molecule has 0 radical (unpaired) electrons. The van der Waals surface area contributed by atoms with E-state index in [1.165, 1.54) is 0 Å². The van der Waals surface area contributed by atoms with Crippen LogP contribution >= 0.6 is 11.3 Å². The normalized spacial score (nSPS) is 11.9. The van der Waals surface area contributed by atoms with E-state index in [2.05, 4.69) is 20.3 Å². The zero-order chi connectivity index (χ0) is 15.4. The third-order valence-electron chi connectivity index (χ3n) is 2.77. The lowest BCUT2D eigenvalue weighted by Gasteiger charge is -2.10.